The van der Waals surface area contributed by atoms with E-state index >= 15 is 0 Å². The molecule has 0 aromatic heterocycles. The lowest BCUT2D eigenvalue weighted by atomic mass is 9.88. The van der Waals surface area contributed by atoms with E-state index in [2.05, 4.69) is 34.9 Å². The fourth-order valence-corrected chi connectivity index (χ4v) is 5.37. The number of rotatable bonds is 9. The van der Waals surface area contributed by atoms with Crippen molar-refractivity contribution < 1.29 is 24.2 Å². The number of carboxylic acid groups (broad SMARTS) is 1. The highest BCUT2D eigenvalue weighted by atomic mass is 16.5. The number of carboxylic acids is 1. The molecule has 7 heteroatoms. The van der Waals surface area contributed by atoms with E-state index in [1.807, 2.05) is 38.1 Å². The zero-order valence-corrected chi connectivity index (χ0v) is 20.4. The number of carbonyl (C=O) groups excluding carboxylic acids is 2. The van der Waals surface area contributed by atoms with Gasteiger partial charge in [-0.1, -0.05) is 68.8 Å². The average Bonchev–Trinajstić information content (AvgIpc) is 3.43. The predicted molar refractivity (Wildman–Crippen MR) is 133 cm³/mol. The van der Waals surface area contributed by atoms with Gasteiger partial charge in [0.25, 0.3) is 0 Å². The van der Waals surface area contributed by atoms with Crippen LogP contribution >= 0.6 is 0 Å². The second-order valence-electron chi connectivity index (χ2n) is 10.5. The van der Waals surface area contributed by atoms with Crippen molar-refractivity contribution in [2.24, 2.45) is 17.3 Å². The molecule has 3 N–H and O–H groups in total. The van der Waals surface area contributed by atoms with E-state index in [9.17, 15) is 19.5 Å². The molecule has 2 aliphatic carbocycles. The van der Waals surface area contributed by atoms with Crippen LogP contribution in [0.2, 0.25) is 0 Å². The van der Waals surface area contributed by atoms with Crippen LogP contribution < -0.4 is 10.6 Å². The van der Waals surface area contributed by atoms with Crippen LogP contribution in [0.4, 0.5) is 4.79 Å². The van der Waals surface area contributed by atoms with Crippen LogP contribution in [-0.2, 0) is 14.3 Å². The third kappa shape index (κ3) is 5.84. The number of ether oxygens (including phenoxy) is 1. The standard InChI is InChI=1S/C28H34N2O5/c1-28(2,14-25(31)29-15-18-8-7-13-19(18)26(32)33)17-30-27(34)35-16-24-22-11-5-3-9-20(22)21-10-4-6-12-23(21)24/h3-6,9-12,18-19,24H,7-8,13-17H2,1-2H3,(H,29,31)(H,30,34)(H,32,33)/t18-,19-/m1/s1. The molecule has 0 saturated heterocycles. The molecule has 0 bridgehead atoms. The van der Waals surface area contributed by atoms with Crippen LogP contribution in [0.1, 0.15) is 56.6 Å². The molecule has 2 amide bonds. The van der Waals surface area contributed by atoms with Gasteiger partial charge < -0.3 is 20.5 Å². The summed E-state index contributed by atoms with van der Waals surface area (Å²) in [6.45, 7) is 4.73. The summed E-state index contributed by atoms with van der Waals surface area (Å²) in [5.41, 5.74) is 4.20. The number of alkyl carbamates (subject to hydrolysis) is 1. The number of hydrogen-bond acceptors (Lipinski definition) is 4. The van der Waals surface area contributed by atoms with Gasteiger partial charge in [-0.15, -0.1) is 0 Å². The van der Waals surface area contributed by atoms with Crippen molar-refractivity contribution in [1.82, 2.24) is 10.6 Å². The lowest BCUT2D eigenvalue weighted by molar-refractivity contribution is -0.143. The summed E-state index contributed by atoms with van der Waals surface area (Å²) >= 11 is 0. The molecule has 2 aromatic carbocycles. The Labute approximate surface area is 206 Å². The minimum absolute atomic E-state index is 0.00264. The molecule has 35 heavy (non-hydrogen) atoms. The largest absolute Gasteiger partial charge is 0.481 e. The first-order valence-corrected chi connectivity index (χ1v) is 12.3. The first-order valence-electron chi connectivity index (χ1n) is 12.3. The summed E-state index contributed by atoms with van der Waals surface area (Å²) in [5.74, 6) is -1.32. The van der Waals surface area contributed by atoms with Gasteiger partial charge in [0.05, 0.1) is 5.92 Å². The maximum absolute atomic E-state index is 12.5. The lowest BCUT2D eigenvalue weighted by Crippen LogP contribution is -2.40. The lowest BCUT2D eigenvalue weighted by Gasteiger charge is -2.25. The summed E-state index contributed by atoms with van der Waals surface area (Å²) in [7, 11) is 0. The Kier molecular flexibility index (Phi) is 7.43. The number of carbonyl (C=O) groups is 3. The SMILES string of the molecule is CC(C)(CNC(=O)OCC1c2ccccc2-c2ccccc21)CC(=O)NC[C@H]1CCC[C@H]1C(=O)O. The molecular formula is C28H34N2O5. The molecule has 2 aliphatic rings. The quantitative estimate of drug-likeness (QED) is 0.490. The summed E-state index contributed by atoms with van der Waals surface area (Å²) < 4.78 is 5.58. The number of benzene rings is 2. The average molecular weight is 479 g/mol. The second-order valence-corrected chi connectivity index (χ2v) is 10.5. The highest BCUT2D eigenvalue weighted by molar-refractivity contribution is 5.79. The van der Waals surface area contributed by atoms with Gasteiger partial charge in [-0.05, 0) is 46.4 Å². The number of aliphatic carboxylic acids is 1. The topological polar surface area (TPSA) is 105 Å². The van der Waals surface area contributed by atoms with Gasteiger partial charge in [-0.3, -0.25) is 9.59 Å². The van der Waals surface area contributed by atoms with Gasteiger partial charge in [0.1, 0.15) is 6.61 Å². The van der Waals surface area contributed by atoms with Gasteiger partial charge in [0.2, 0.25) is 5.91 Å². The molecule has 7 nitrogen and oxygen atoms in total. The summed E-state index contributed by atoms with van der Waals surface area (Å²) in [4.78, 5) is 36.3. The van der Waals surface area contributed by atoms with Crippen LogP contribution in [0.5, 0.6) is 0 Å². The Morgan fingerprint density at radius 1 is 0.971 bits per heavy atom. The maximum Gasteiger partial charge on any atom is 0.407 e. The first-order chi connectivity index (χ1) is 16.7. The Hall–Kier alpha value is -3.35. The molecule has 186 valence electrons. The van der Waals surface area contributed by atoms with Gasteiger partial charge in [-0.25, -0.2) is 4.79 Å². The Balaban J connectivity index is 1.23. The summed E-state index contributed by atoms with van der Waals surface area (Å²) in [5, 5.41) is 15.0. The highest BCUT2D eigenvalue weighted by Gasteiger charge is 2.33. The Morgan fingerprint density at radius 2 is 1.60 bits per heavy atom. The monoisotopic (exact) mass is 478 g/mol. The van der Waals surface area contributed by atoms with E-state index in [1.54, 1.807) is 0 Å². The number of hydrogen-bond donors (Lipinski definition) is 3. The minimum atomic E-state index is -0.783. The molecular weight excluding hydrogens is 444 g/mol. The van der Waals surface area contributed by atoms with Crippen LogP contribution in [0, 0.1) is 17.3 Å². The third-order valence-electron chi connectivity index (χ3n) is 7.23. The van der Waals surface area contributed by atoms with Crippen molar-refractivity contribution >= 4 is 18.0 Å². The van der Waals surface area contributed by atoms with E-state index in [0.29, 0.717) is 13.0 Å². The molecule has 0 heterocycles. The van der Waals surface area contributed by atoms with Gasteiger partial charge in [-0.2, -0.15) is 0 Å². The molecule has 1 saturated carbocycles. The molecule has 0 radical (unpaired) electrons. The zero-order valence-electron chi connectivity index (χ0n) is 20.4. The normalized spacial score (nSPS) is 19.0. The van der Waals surface area contributed by atoms with E-state index in [1.165, 1.54) is 11.1 Å². The van der Waals surface area contributed by atoms with Crippen LogP contribution in [0.15, 0.2) is 48.5 Å². The molecule has 2 atom stereocenters. The fraction of sp³-hybridized carbons (Fsp3) is 0.464. The van der Waals surface area contributed by atoms with Crippen LogP contribution in [0.3, 0.4) is 0 Å². The van der Waals surface area contributed by atoms with Gasteiger partial charge in [0, 0.05) is 25.4 Å². The van der Waals surface area contributed by atoms with Crippen LogP contribution in [0.25, 0.3) is 11.1 Å². The minimum Gasteiger partial charge on any atom is -0.481 e. The van der Waals surface area contributed by atoms with Gasteiger partial charge in [0.15, 0.2) is 0 Å². The second kappa shape index (κ2) is 10.5. The van der Waals surface area contributed by atoms with Crippen LogP contribution in [-0.4, -0.2) is 42.8 Å². The van der Waals surface area contributed by atoms with Crippen molar-refractivity contribution in [3.8, 4) is 11.1 Å². The Morgan fingerprint density at radius 3 is 2.23 bits per heavy atom. The smallest absolute Gasteiger partial charge is 0.407 e. The van der Waals surface area contributed by atoms with Crippen molar-refractivity contribution in [2.75, 3.05) is 19.7 Å². The van der Waals surface area contributed by atoms with E-state index in [4.69, 9.17) is 4.74 Å². The molecule has 0 unspecified atom stereocenters. The van der Waals surface area contributed by atoms with E-state index in [0.717, 1.165) is 24.0 Å². The first kappa shape index (κ1) is 24.8. The molecule has 2 aromatic rings. The summed E-state index contributed by atoms with van der Waals surface area (Å²) in [6, 6.07) is 16.4. The molecule has 1 fully saturated rings. The van der Waals surface area contributed by atoms with Crippen molar-refractivity contribution in [3.05, 3.63) is 59.7 Å². The number of nitrogens with one attached hydrogen (secondary N) is 2. The molecule has 0 aliphatic heterocycles. The zero-order chi connectivity index (χ0) is 25.0. The number of amides is 2. The molecule has 0 spiro atoms. The van der Waals surface area contributed by atoms with Crippen molar-refractivity contribution in [1.29, 1.82) is 0 Å². The van der Waals surface area contributed by atoms with E-state index in [-0.39, 0.29) is 43.2 Å². The van der Waals surface area contributed by atoms with Crippen molar-refractivity contribution in [2.45, 2.75) is 45.4 Å². The van der Waals surface area contributed by atoms with Gasteiger partial charge >= 0.3 is 12.1 Å². The van der Waals surface area contributed by atoms with E-state index < -0.39 is 17.5 Å². The molecule has 4 rings (SSSR count). The predicted octanol–water partition coefficient (Wildman–Crippen LogP) is 4.56. The third-order valence-corrected chi connectivity index (χ3v) is 7.23. The van der Waals surface area contributed by atoms with Crippen molar-refractivity contribution in [3.63, 3.8) is 0 Å². The maximum atomic E-state index is 12.5. The Bertz CT molecular complexity index is 1050. The highest BCUT2D eigenvalue weighted by Crippen LogP contribution is 2.44. The summed E-state index contributed by atoms with van der Waals surface area (Å²) in [6.07, 6.45) is 2.10. The number of fused-ring (bicyclic) bond motifs is 3. The fourth-order valence-electron chi connectivity index (χ4n) is 5.37.